The minimum Gasteiger partial charge on any atom is -0.304 e. The first-order valence-corrected chi connectivity index (χ1v) is 7.54. The fraction of sp³-hybridized carbons (Fsp3) is 0.294. The van der Waals surface area contributed by atoms with Gasteiger partial charge >= 0.3 is 0 Å². The number of hydrogen-bond donors (Lipinski definition) is 1. The van der Waals surface area contributed by atoms with E-state index in [1.165, 1.54) is 17.2 Å². The van der Waals surface area contributed by atoms with Crippen LogP contribution in [0, 0.1) is 12.7 Å². The van der Waals surface area contributed by atoms with E-state index in [0.717, 1.165) is 5.56 Å². The van der Waals surface area contributed by atoms with Gasteiger partial charge in [-0.1, -0.05) is 35.9 Å². The highest BCUT2D eigenvalue weighted by molar-refractivity contribution is 9.10. The zero-order valence-corrected chi connectivity index (χ0v) is 13.5. The predicted molar refractivity (Wildman–Crippen MR) is 85.2 cm³/mol. The summed E-state index contributed by atoms with van der Waals surface area (Å²) in [5, 5.41) is 3.54. The van der Waals surface area contributed by atoms with Crippen LogP contribution >= 0.6 is 15.9 Å². The Labute approximate surface area is 128 Å². The normalized spacial score (nSPS) is 14.1. The standard InChI is InChI=1S/C17H19BrFN/c1-11-4-6-14(7-5-11)12(2)20-13(3)15-8-9-17(19)16(18)10-15/h4-10,12-13,20H,1-3H3/t12-,13?/m1/s1. The molecule has 2 aromatic carbocycles. The molecule has 1 nitrogen and oxygen atoms in total. The third-order valence-electron chi connectivity index (χ3n) is 3.52. The minimum absolute atomic E-state index is 0.156. The number of halogens is 2. The first kappa shape index (κ1) is 15.2. The molecule has 0 saturated heterocycles. The number of hydrogen-bond acceptors (Lipinski definition) is 1. The van der Waals surface area contributed by atoms with Gasteiger partial charge in [-0.05, 0) is 60.0 Å². The first-order chi connectivity index (χ1) is 9.47. The highest BCUT2D eigenvalue weighted by atomic mass is 79.9. The van der Waals surface area contributed by atoms with Crippen molar-refractivity contribution in [1.82, 2.24) is 5.32 Å². The van der Waals surface area contributed by atoms with Crippen LogP contribution in [0.4, 0.5) is 4.39 Å². The number of nitrogens with one attached hydrogen (secondary N) is 1. The van der Waals surface area contributed by atoms with Gasteiger partial charge in [0.15, 0.2) is 0 Å². The van der Waals surface area contributed by atoms with E-state index >= 15 is 0 Å². The molecule has 1 unspecified atom stereocenters. The smallest absolute Gasteiger partial charge is 0.137 e. The number of aryl methyl sites for hydroxylation is 1. The summed E-state index contributed by atoms with van der Waals surface area (Å²) in [5.41, 5.74) is 3.58. The van der Waals surface area contributed by atoms with E-state index in [0.29, 0.717) is 4.47 Å². The molecule has 0 aliphatic carbocycles. The Morgan fingerprint density at radius 2 is 1.50 bits per heavy atom. The van der Waals surface area contributed by atoms with Crippen molar-refractivity contribution >= 4 is 15.9 Å². The molecule has 2 aromatic rings. The van der Waals surface area contributed by atoms with Gasteiger partial charge in [-0.3, -0.25) is 0 Å². The fourth-order valence-corrected chi connectivity index (χ4v) is 2.60. The molecule has 0 amide bonds. The number of rotatable bonds is 4. The third kappa shape index (κ3) is 3.68. The van der Waals surface area contributed by atoms with Crippen molar-refractivity contribution in [3.8, 4) is 0 Å². The zero-order chi connectivity index (χ0) is 14.7. The SMILES string of the molecule is Cc1ccc([C@@H](C)NC(C)c2ccc(F)c(Br)c2)cc1. The Kier molecular flexibility index (Phi) is 4.95. The van der Waals surface area contributed by atoms with Crippen molar-refractivity contribution in [3.63, 3.8) is 0 Å². The molecule has 0 aliphatic heterocycles. The van der Waals surface area contributed by atoms with Gasteiger partial charge in [-0.15, -0.1) is 0 Å². The second-order valence-electron chi connectivity index (χ2n) is 5.19. The summed E-state index contributed by atoms with van der Waals surface area (Å²) in [7, 11) is 0. The van der Waals surface area contributed by atoms with Crippen molar-refractivity contribution in [2.75, 3.05) is 0 Å². The molecule has 0 spiro atoms. The van der Waals surface area contributed by atoms with E-state index < -0.39 is 0 Å². The van der Waals surface area contributed by atoms with E-state index in [1.54, 1.807) is 0 Å². The van der Waals surface area contributed by atoms with Crippen LogP contribution in [0.1, 0.15) is 42.6 Å². The maximum absolute atomic E-state index is 13.3. The summed E-state index contributed by atoms with van der Waals surface area (Å²) in [6.45, 7) is 6.31. The summed E-state index contributed by atoms with van der Waals surface area (Å²) in [6.07, 6.45) is 0. The lowest BCUT2D eigenvalue weighted by atomic mass is 10.0. The summed E-state index contributed by atoms with van der Waals surface area (Å²) in [5.74, 6) is -0.229. The van der Waals surface area contributed by atoms with Crippen molar-refractivity contribution < 1.29 is 4.39 Å². The molecule has 106 valence electrons. The topological polar surface area (TPSA) is 12.0 Å². The Morgan fingerprint density at radius 3 is 2.10 bits per heavy atom. The van der Waals surface area contributed by atoms with Crippen molar-refractivity contribution in [2.24, 2.45) is 0 Å². The second kappa shape index (κ2) is 6.51. The van der Waals surface area contributed by atoms with E-state index in [2.05, 4.69) is 66.3 Å². The molecule has 0 saturated carbocycles. The molecular weight excluding hydrogens is 317 g/mol. The molecule has 0 heterocycles. The molecule has 0 radical (unpaired) electrons. The Bertz CT molecular complexity index is 580. The van der Waals surface area contributed by atoms with Gasteiger partial charge in [-0.2, -0.15) is 0 Å². The average molecular weight is 336 g/mol. The summed E-state index contributed by atoms with van der Waals surface area (Å²) in [6, 6.07) is 14.1. The molecule has 2 rings (SSSR count). The van der Waals surface area contributed by atoms with Gasteiger partial charge in [0.2, 0.25) is 0 Å². The van der Waals surface area contributed by atoms with E-state index in [4.69, 9.17) is 0 Å². The Balaban J connectivity index is 2.08. The zero-order valence-electron chi connectivity index (χ0n) is 12.0. The Morgan fingerprint density at radius 1 is 0.950 bits per heavy atom. The molecule has 3 heteroatoms. The van der Waals surface area contributed by atoms with Gasteiger partial charge in [0.05, 0.1) is 4.47 Å². The van der Waals surface area contributed by atoms with Crippen LogP contribution < -0.4 is 5.32 Å². The largest absolute Gasteiger partial charge is 0.304 e. The first-order valence-electron chi connectivity index (χ1n) is 6.75. The molecular formula is C17H19BrFN. The van der Waals surface area contributed by atoms with Crippen LogP contribution in [0.15, 0.2) is 46.9 Å². The van der Waals surface area contributed by atoms with Crippen molar-refractivity contribution in [1.29, 1.82) is 0 Å². The highest BCUT2D eigenvalue weighted by Crippen LogP contribution is 2.24. The van der Waals surface area contributed by atoms with Crippen LogP contribution in [0.2, 0.25) is 0 Å². The molecule has 0 aliphatic rings. The van der Waals surface area contributed by atoms with Crippen LogP contribution in [0.25, 0.3) is 0 Å². The number of benzene rings is 2. The maximum atomic E-state index is 13.3. The molecule has 20 heavy (non-hydrogen) atoms. The molecule has 2 atom stereocenters. The van der Waals surface area contributed by atoms with Gasteiger partial charge < -0.3 is 5.32 Å². The average Bonchev–Trinajstić information content (AvgIpc) is 2.42. The highest BCUT2D eigenvalue weighted by Gasteiger charge is 2.12. The van der Waals surface area contributed by atoms with Crippen LogP contribution in [0.5, 0.6) is 0 Å². The predicted octanol–water partition coefficient (Wildman–Crippen LogP) is 5.31. The third-order valence-corrected chi connectivity index (χ3v) is 4.13. The van der Waals surface area contributed by atoms with Crippen molar-refractivity contribution in [3.05, 3.63) is 69.4 Å². The summed E-state index contributed by atoms with van der Waals surface area (Å²) < 4.78 is 13.8. The van der Waals surface area contributed by atoms with Crippen LogP contribution in [-0.4, -0.2) is 0 Å². The molecule has 0 bridgehead atoms. The maximum Gasteiger partial charge on any atom is 0.137 e. The van der Waals surface area contributed by atoms with Gasteiger partial charge in [0, 0.05) is 12.1 Å². The quantitative estimate of drug-likeness (QED) is 0.798. The lowest BCUT2D eigenvalue weighted by Crippen LogP contribution is -2.22. The lowest BCUT2D eigenvalue weighted by molar-refractivity contribution is 0.493. The fourth-order valence-electron chi connectivity index (χ4n) is 2.20. The lowest BCUT2D eigenvalue weighted by Gasteiger charge is -2.21. The summed E-state index contributed by atoms with van der Waals surface area (Å²) in [4.78, 5) is 0. The summed E-state index contributed by atoms with van der Waals surface area (Å²) >= 11 is 3.23. The van der Waals surface area contributed by atoms with Crippen molar-refractivity contribution in [2.45, 2.75) is 32.9 Å². The van der Waals surface area contributed by atoms with Crippen LogP contribution in [-0.2, 0) is 0 Å². The van der Waals surface area contributed by atoms with Gasteiger partial charge in [0.25, 0.3) is 0 Å². The molecule has 0 aromatic heterocycles. The van der Waals surface area contributed by atoms with Crippen LogP contribution in [0.3, 0.4) is 0 Å². The monoisotopic (exact) mass is 335 g/mol. The minimum atomic E-state index is -0.229. The van der Waals surface area contributed by atoms with Gasteiger partial charge in [-0.25, -0.2) is 4.39 Å². The Hall–Kier alpha value is -1.19. The molecule has 0 fully saturated rings. The van der Waals surface area contributed by atoms with Gasteiger partial charge in [0.1, 0.15) is 5.82 Å². The molecule has 1 N–H and O–H groups in total. The van der Waals surface area contributed by atoms with E-state index in [9.17, 15) is 4.39 Å². The van der Waals surface area contributed by atoms with E-state index in [1.807, 2.05) is 12.1 Å². The second-order valence-corrected chi connectivity index (χ2v) is 6.05. The van der Waals surface area contributed by atoms with E-state index in [-0.39, 0.29) is 17.9 Å².